The molecule has 1 N–H and O–H groups in total. The molecule has 100 valence electrons. The molecular weight excluding hydrogens is 226 g/mol. The molecule has 3 nitrogen and oxygen atoms in total. The minimum Gasteiger partial charge on any atom is -0.481 e. The topological polar surface area (TPSA) is 40.5 Å². The fraction of sp³-hybridized carbons (Fsp3) is 0.533. The maximum absolute atomic E-state index is 11.0. The van der Waals surface area contributed by atoms with Crippen molar-refractivity contribution in [3.63, 3.8) is 0 Å². The average molecular weight is 249 g/mol. The van der Waals surface area contributed by atoms with E-state index in [4.69, 9.17) is 5.11 Å². The zero-order valence-electron chi connectivity index (χ0n) is 11.5. The van der Waals surface area contributed by atoms with Crippen LogP contribution in [0.15, 0.2) is 30.3 Å². The molecular formula is C15H23NO2. The Morgan fingerprint density at radius 3 is 2.44 bits per heavy atom. The summed E-state index contributed by atoms with van der Waals surface area (Å²) in [5.41, 5.74) is 0.672. The molecule has 0 radical (unpaired) electrons. The number of carboxylic acids is 1. The molecule has 0 aliphatic carbocycles. The van der Waals surface area contributed by atoms with Gasteiger partial charge in [0.05, 0.1) is 5.41 Å². The minimum atomic E-state index is -0.715. The van der Waals surface area contributed by atoms with Crippen LogP contribution in [0.1, 0.15) is 32.3 Å². The van der Waals surface area contributed by atoms with Gasteiger partial charge in [0, 0.05) is 6.54 Å². The summed E-state index contributed by atoms with van der Waals surface area (Å²) in [5.74, 6) is -0.715. The van der Waals surface area contributed by atoms with E-state index in [9.17, 15) is 4.79 Å². The molecule has 0 saturated carbocycles. The van der Waals surface area contributed by atoms with Crippen LogP contribution in [0.3, 0.4) is 0 Å². The Balaban J connectivity index is 2.30. The van der Waals surface area contributed by atoms with Crippen LogP contribution in [0, 0.1) is 5.41 Å². The summed E-state index contributed by atoms with van der Waals surface area (Å²) in [7, 11) is 2.07. The summed E-state index contributed by atoms with van der Waals surface area (Å²) in [6.45, 7) is 5.40. The summed E-state index contributed by atoms with van der Waals surface area (Å²) in [4.78, 5) is 13.2. The van der Waals surface area contributed by atoms with Crippen molar-refractivity contribution in [1.82, 2.24) is 4.90 Å². The Morgan fingerprint density at radius 2 is 1.89 bits per heavy atom. The number of hydrogen-bond donors (Lipinski definition) is 1. The van der Waals surface area contributed by atoms with Gasteiger partial charge in [-0.25, -0.2) is 0 Å². The quantitative estimate of drug-likeness (QED) is 0.807. The van der Waals surface area contributed by atoms with Gasteiger partial charge >= 0.3 is 5.97 Å². The lowest BCUT2D eigenvalue weighted by Gasteiger charge is -2.21. The van der Waals surface area contributed by atoms with Gasteiger partial charge < -0.3 is 10.0 Å². The maximum Gasteiger partial charge on any atom is 0.309 e. The van der Waals surface area contributed by atoms with Gasteiger partial charge in [-0.15, -0.1) is 0 Å². The normalized spacial score (nSPS) is 11.8. The van der Waals surface area contributed by atoms with Crippen LogP contribution in [0.2, 0.25) is 0 Å². The van der Waals surface area contributed by atoms with E-state index >= 15 is 0 Å². The molecule has 0 aliphatic rings. The number of benzene rings is 1. The van der Waals surface area contributed by atoms with Crippen molar-refractivity contribution >= 4 is 5.97 Å². The van der Waals surface area contributed by atoms with E-state index in [1.807, 2.05) is 18.2 Å². The van der Waals surface area contributed by atoms with Crippen LogP contribution in [0.25, 0.3) is 0 Å². The van der Waals surface area contributed by atoms with Gasteiger partial charge in [0.25, 0.3) is 0 Å². The van der Waals surface area contributed by atoms with Crippen molar-refractivity contribution in [1.29, 1.82) is 0 Å². The zero-order chi connectivity index (χ0) is 13.6. The van der Waals surface area contributed by atoms with Crippen LogP contribution < -0.4 is 0 Å². The largest absolute Gasteiger partial charge is 0.481 e. The SMILES string of the molecule is CN(CCCC(C)(C)C(=O)O)Cc1ccccc1. The van der Waals surface area contributed by atoms with E-state index in [-0.39, 0.29) is 0 Å². The standard InChI is InChI=1S/C15H23NO2/c1-15(2,14(17)18)10-7-11-16(3)12-13-8-5-4-6-9-13/h4-6,8-9H,7,10-12H2,1-3H3,(H,17,18). The van der Waals surface area contributed by atoms with E-state index in [0.29, 0.717) is 6.42 Å². The van der Waals surface area contributed by atoms with Crippen LogP contribution in [-0.2, 0) is 11.3 Å². The first-order valence-electron chi connectivity index (χ1n) is 6.38. The Kier molecular flexibility index (Phi) is 5.35. The zero-order valence-corrected chi connectivity index (χ0v) is 11.5. The Hall–Kier alpha value is -1.35. The van der Waals surface area contributed by atoms with E-state index in [1.165, 1.54) is 5.56 Å². The lowest BCUT2D eigenvalue weighted by molar-refractivity contribution is -0.147. The highest BCUT2D eigenvalue weighted by Crippen LogP contribution is 2.22. The monoisotopic (exact) mass is 249 g/mol. The Labute approximate surface area is 109 Å². The molecule has 1 aromatic rings. The molecule has 0 aliphatic heterocycles. The van der Waals surface area contributed by atoms with E-state index in [2.05, 4.69) is 24.1 Å². The van der Waals surface area contributed by atoms with Gasteiger partial charge in [-0.3, -0.25) is 4.79 Å². The molecule has 0 fully saturated rings. The lowest BCUT2D eigenvalue weighted by atomic mass is 9.88. The van der Waals surface area contributed by atoms with E-state index in [1.54, 1.807) is 13.8 Å². The van der Waals surface area contributed by atoms with Gasteiger partial charge in [0.15, 0.2) is 0 Å². The van der Waals surface area contributed by atoms with Crippen LogP contribution >= 0.6 is 0 Å². The molecule has 0 atom stereocenters. The van der Waals surface area contributed by atoms with Gasteiger partial charge in [0.2, 0.25) is 0 Å². The second-order valence-electron chi connectivity index (χ2n) is 5.52. The van der Waals surface area contributed by atoms with Crippen LogP contribution in [0.5, 0.6) is 0 Å². The number of nitrogens with zero attached hydrogens (tertiary/aromatic N) is 1. The highest BCUT2D eigenvalue weighted by atomic mass is 16.4. The Bertz CT molecular complexity index is 373. The Morgan fingerprint density at radius 1 is 1.28 bits per heavy atom. The number of carbonyl (C=O) groups is 1. The summed E-state index contributed by atoms with van der Waals surface area (Å²) >= 11 is 0. The molecule has 3 heteroatoms. The second-order valence-corrected chi connectivity index (χ2v) is 5.52. The first-order valence-corrected chi connectivity index (χ1v) is 6.38. The van der Waals surface area contributed by atoms with Crippen molar-refractivity contribution in [2.45, 2.75) is 33.2 Å². The number of hydrogen-bond acceptors (Lipinski definition) is 2. The van der Waals surface area contributed by atoms with Crippen molar-refractivity contribution in [2.24, 2.45) is 5.41 Å². The van der Waals surface area contributed by atoms with Gasteiger partial charge in [-0.2, -0.15) is 0 Å². The second kappa shape index (κ2) is 6.55. The third kappa shape index (κ3) is 4.88. The third-order valence-electron chi connectivity index (χ3n) is 3.22. The maximum atomic E-state index is 11.0. The predicted molar refractivity (Wildman–Crippen MR) is 73.4 cm³/mol. The number of rotatable bonds is 7. The molecule has 18 heavy (non-hydrogen) atoms. The van der Waals surface area contributed by atoms with Crippen molar-refractivity contribution in [3.8, 4) is 0 Å². The predicted octanol–water partition coefficient (Wildman–Crippen LogP) is 3.01. The van der Waals surface area contributed by atoms with Gasteiger partial charge in [-0.1, -0.05) is 30.3 Å². The summed E-state index contributed by atoms with van der Waals surface area (Å²) < 4.78 is 0. The smallest absolute Gasteiger partial charge is 0.309 e. The molecule has 0 spiro atoms. The van der Waals surface area contributed by atoms with Gasteiger partial charge in [-0.05, 0) is 45.8 Å². The molecule has 0 saturated heterocycles. The van der Waals surface area contributed by atoms with Crippen LogP contribution in [-0.4, -0.2) is 29.6 Å². The third-order valence-corrected chi connectivity index (χ3v) is 3.22. The highest BCUT2D eigenvalue weighted by molar-refractivity contribution is 5.73. The van der Waals surface area contributed by atoms with E-state index < -0.39 is 11.4 Å². The number of carboxylic acid groups (broad SMARTS) is 1. The molecule has 1 aromatic carbocycles. The highest BCUT2D eigenvalue weighted by Gasteiger charge is 2.26. The number of aliphatic carboxylic acids is 1. The van der Waals surface area contributed by atoms with Crippen molar-refractivity contribution < 1.29 is 9.90 Å². The van der Waals surface area contributed by atoms with E-state index in [0.717, 1.165) is 19.5 Å². The first-order chi connectivity index (χ1) is 8.42. The summed E-state index contributed by atoms with van der Waals surface area (Å²) in [6, 6.07) is 10.3. The average Bonchev–Trinajstić information content (AvgIpc) is 2.29. The fourth-order valence-electron chi connectivity index (χ4n) is 1.87. The summed E-state index contributed by atoms with van der Waals surface area (Å²) in [5, 5.41) is 9.03. The molecule has 1 rings (SSSR count). The van der Waals surface area contributed by atoms with Gasteiger partial charge in [0.1, 0.15) is 0 Å². The molecule has 0 aromatic heterocycles. The van der Waals surface area contributed by atoms with Crippen molar-refractivity contribution in [2.75, 3.05) is 13.6 Å². The fourth-order valence-corrected chi connectivity index (χ4v) is 1.87. The first kappa shape index (κ1) is 14.7. The summed E-state index contributed by atoms with van der Waals surface area (Å²) in [6.07, 6.45) is 1.62. The minimum absolute atomic E-state index is 0.617. The van der Waals surface area contributed by atoms with Crippen LogP contribution in [0.4, 0.5) is 0 Å². The molecule has 0 amide bonds. The van der Waals surface area contributed by atoms with Crippen molar-refractivity contribution in [3.05, 3.63) is 35.9 Å². The molecule has 0 heterocycles. The molecule has 0 bridgehead atoms. The lowest BCUT2D eigenvalue weighted by Crippen LogP contribution is -2.26. The molecule has 0 unspecified atom stereocenters.